The smallest absolute Gasteiger partial charge is 0.0607 e. The van der Waals surface area contributed by atoms with E-state index in [-0.39, 0.29) is 0 Å². The third-order valence-electron chi connectivity index (χ3n) is 1.77. The predicted molar refractivity (Wildman–Crippen MR) is 42.7 cm³/mol. The van der Waals surface area contributed by atoms with Crippen LogP contribution in [-0.4, -0.2) is 12.7 Å². The number of hydrogen-bond acceptors (Lipinski definition) is 1. The molecule has 1 aliphatic rings. The van der Waals surface area contributed by atoms with Crippen LogP contribution >= 0.6 is 0 Å². The summed E-state index contributed by atoms with van der Waals surface area (Å²) < 4.78 is 5.61. The maximum Gasteiger partial charge on any atom is 0.0607 e. The van der Waals surface area contributed by atoms with E-state index in [0.717, 1.165) is 6.61 Å². The molecule has 1 heteroatoms. The van der Waals surface area contributed by atoms with E-state index >= 15 is 0 Å². The van der Waals surface area contributed by atoms with Crippen molar-refractivity contribution in [3.63, 3.8) is 0 Å². The van der Waals surface area contributed by atoms with Crippen LogP contribution in [0.3, 0.4) is 0 Å². The average Bonchev–Trinajstić information content (AvgIpc) is 2.34. The lowest BCUT2D eigenvalue weighted by atomic mass is 10.2. The molecule has 1 radical (unpaired) electrons. The van der Waals surface area contributed by atoms with Gasteiger partial charge < -0.3 is 4.74 Å². The summed E-state index contributed by atoms with van der Waals surface area (Å²) in [5.74, 6) is 0.675. The summed E-state index contributed by atoms with van der Waals surface area (Å²) in [6, 6.07) is 0. The molecule has 59 valence electrons. The topological polar surface area (TPSA) is 9.23 Å². The van der Waals surface area contributed by atoms with Gasteiger partial charge in [0.15, 0.2) is 0 Å². The summed E-state index contributed by atoms with van der Waals surface area (Å²) in [5, 5.41) is 0. The van der Waals surface area contributed by atoms with Crippen molar-refractivity contribution < 1.29 is 4.74 Å². The minimum absolute atomic E-state index is 0.474. The Morgan fingerprint density at radius 1 is 1.60 bits per heavy atom. The first-order valence-electron chi connectivity index (χ1n) is 4.24. The Labute approximate surface area is 63.8 Å². The van der Waals surface area contributed by atoms with Gasteiger partial charge in [-0.15, -0.1) is 0 Å². The lowest BCUT2D eigenvalue weighted by Crippen LogP contribution is -2.12. The van der Waals surface area contributed by atoms with Crippen LogP contribution in [0.25, 0.3) is 0 Å². The predicted octanol–water partition coefficient (Wildman–Crippen LogP) is 2.42. The zero-order valence-corrected chi connectivity index (χ0v) is 6.97. The molecule has 0 aromatic rings. The van der Waals surface area contributed by atoms with E-state index in [0.29, 0.717) is 12.0 Å². The fourth-order valence-electron chi connectivity index (χ4n) is 1.21. The molecule has 0 aromatic carbocycles. The molecule has 0 aromatic heterocycles. The van der Waals surface area contributed by atoms with Gasteiger partial charge in [-0.05, 0) is 25.2 Å². The van der Waals surface area contributed by atoms with Crippen LogP contribution in [0.4, 0.5) is 0 Å². The molecule has 1 unspecified atom stereocenters. The zero-order valence-electron chi connectivity index (χ0n) is 6.97. The van der Waals surface area contributed by atoms with Gasteiger partial charge >= 0.3 is 0 Å². The standard InChI is InChI=1S/C9H17O/c1-8(2)7-10-9-5-3-4-6-9/h5,8-9H,3-4,6-7H2,1-2H3. The molecular formula is C9H17O. The molecule has 0 saturated heterocycles. The third kappa shape index (κ3) is 2.70. The lowest BCUT2D eigenvalue weighted by molar-refractivity contribution is 0.0601. The molecule has 0 spiro atoms. The van der Waals surface area contributed by atoms with Crippen molar-refractivity contribution in [2.24, 2.45) is 5.92 Å². The van der Waals surface area contributed by atoms with Crippen LogP contribution < -0.4 is 0 Å². The van der Waals surface area contributed by atoms with E-state index < -0.39 is 0 Å². The largest absolute Gasteiger partial charge is 0.378 e. The highest BCUT2D eigenvalue weighted by Crippen LogP contribution is 2.20. The number of rotatable bonds is 3. The second-order valence-corrected chi connectivity index (χ2v) is 3.43. The van der Waals surface area contributed by atoms with E-state index in [2.05, 4.69) is 20.3 Å². The van der Waals surface area contributed by atoms with Crippen molar-refractivity contribution in [3.05, 3.63) is 6.42 Å². The first kappa shape index (κ1) is 8.06. The molecule has 1 saturated carbocycles. The normalized spacial score (nSPS) is 20.7. The van der Waals surface area contributed by atoms with Gasteiger partial charge in [-0.2, -0.15) is 0 Å². The summed E-state index contributed by atoms with van der Waals surface area (Å²) in [6.07, 6.45) is 6.59. The van der Waals surface area contributed by atoms with Gasteiger partial charge in [-0.3, -0.25) is 0 Å². The van der Waals surface area contributed by atoms with E-state index in [1.807, 2.05) is 0 Å². The van der Waals surface area contributed by atoms with Crippen LogP contribution in [0.5, 0.6) is 0 Å². The van der Waals surface area contributed by atoms with Gasteiger partial charge in [0.2, 0.25) is 0 Å². The Bertz CT molecular complexity index is 82.7. The minimum atomic E-state index is 0.474. The van der Waals surface area contributed by atoms with E-state index in [1.165, 1.54) is 19.3 Å². The van der Waals surface area contributed by atoms with E-state index in [4.69, 9.17) is 4.74 Å². The summed E-state index contributed by atoms with van der Waals surface area (Å²) in [7, 11) is 0. The SMILES string of the molecule is CC(C)COC1[CH]CCC1. The molecule has 1 nitrogen and oxygen atoms in total. The molecule has 0 N–H and O–H groups in total. The van der Waals surface area contributed by atoms with Gasteiger partial charge in [0.1, 0.15) is 0 Å². The van der Waals surface area contributed by atoms with Gasteiger partial charge in [0.05, 0.1) is 6.10 Å². The molecule has 1 fully saturated rings. The molecule has 1 atom stereocenters. The molecule has 0 bridgehead atoms. The molecule has 0 heterocycles. The van der Waals surface area contributed by atoms with E-state index in [1.54, 1.807) is 0 Å². The third-order valence-corrected chi connectivity index (χ3v) is 1.77. The average molecular weight is 141 g/mol. The Balaban J connectivity index is 2.01. The fraction of sp³-hybridized carbons (Fsp3) is 0.889. The summed E-state index contributed by atoms with van der Waals surface area (Å²) in [4.78, 5) is 0. The summed E-state index contributed by atoms with van der Waals surface area (Å²) >= 11 is 0. The maximum atomic E-state index is 5.61. The Morgan fingerprint density at radius 2 is 2.40 bits per heavy atom. The quantitative estimate of drug-likeness (QED) is 0.586. The first-order valence-corrected chi connectivity index (χ1v) is 4.24. The highest BCUT2D eigenvalue weighted by molar-refractivity contribution is 4.84. The Kier molecular flexibility index (Phi) is 3.20. The Morgan fingerprint density at radius 3 is 2.90 bits per heavy atom. The van der Waals surface area contributed by atoms with Crippen molar-refractivity contribution in [2.75, 3.05) is 6.61 Å². The van der Waals surface area contributed by atoms with E-state index in [9.17, 15) is 0 Å². The van der Waals surface area contributed by atoms with Crippen LogP contribution in [0.1, 0.15) is 33.1 Å². The van der Waals surface area contributed by atoms with Crippen LogP contribution in [-0.2, 0) is 4.74 Å². The Hall–Kier alpha value is -0.0400. The molecule has 0 amide bonds. The second-order valence-electron chi connectivity index (χ2n) is 3.43. The fourth-order valence-corrected chi connectivity index (χ4v) is 1.21. The maximum absolute atomic E-state index is 5.61. The highest BCUT2D eigenvalue weighted by Gasteiger charge is 2.15. The van der Waals surface area contributed by atoms with Crippen LogP contribution in [0, 0.1) is 12.3 Å². The highest BCUT2D eigenvalue weighted by atomic mass is 16.5. The molecular weight excluding hydrogens is 124 g/mol. The molecule has 1 rings (SSSR count). The minimum Gasteiger partial charge on any atom is -0.378 e. The zero-order chi connectivity index (χ0) is 7.40. The molecule has 0 aliphatic heterocycles. The van der Waals surface area contributed by atoms with Gasteiger partial charge in [-0.25, -0.2) is 0 Å². The number of ether oxygens (including phenoxy) is 1. The number of hydrogen-bond donors (Lipinski definition) is 0. The van der Waals surface area contributed by atoms with Gasteiger partial charge in [-0.1, -0.05) is 20.3 Å². The molecule has 10 heavy (non-hydrogen) atoms. The van der Waals surface area contributed by atoms with Crippen LogP contribution in [0.2, 0.25) is 0 Å². The van der Waals surface area contributed by atoms with Crippen molar-refractivity contribution >= 4 is 0 Å². The van der Waals surface area contributed by atoms with Crippen molar-refractivity contribution in [3.8, 4) is 0 Å². The first-order chi connectivity index (χ1) is 4.79. The summed E-state index contributed by atoms with van der Waals surface area (Å²) in [5.41, 5.74) is 0. The van der Waals surface area contributed by atoms with Crippen molar-refractivity contribution in [1.29, 1.82) is 0 Å². The second kappa shape index (κ2) is 3.97. The van der Waals surface area contributed by atoms with Crippen LogP contribution in [0.15, 0.2) is 0 Å². The van der Waals surface area contributed by atoms with Crippen molar-refractivity contribution in [2.45, 2.75) is 39.2 Å². The monoisotopic (exact) mass is 141 g/mol. The lowest BCUT2D eigenvalue weighted by Gasteiger charge is -2.12. The molecule has 1 aliphatic carbocycles. The summed E-state index contributed by atoms with van der Waals surface area (Å²) in [6.45, 7) is 5.30. The van der Waals surface area contributed by atoms with Crippen molar-refractivity contribution in [1.82, 2.24) is 0 Å². The van der Waals surface area contributed by atoms with Gasteiger partial charge in [0.25, 0.3) is 0 Å². The van der Waals surface area contributed by atoms with Gasteiger partial charge in [0, 0.05) is 6.61 Å².